The molecule has 0 radical (unpaired) electrons. The maximum Gasteiger partial charge on any atom is 0.0517 e. The Balaban J connectivity index is 2.24. The molecule has 0 fully saturated rings. The van der Waals surface area contributed by atoms with Crippen molar-refractivity contribution in [1.82, 2.24) is 4.57 Å². The Morgan fingerprint density at radius 3 is 2.56 bits per heavy atom. The molecule has 0 aliphatic rings. The first-order chi connectivity index (χ1) is 7.81. The van der Waals surface area contributed by atoms with Crippen molar-refractivity contribution in [3.63, 3.8) is 0 Å². The molecule has 0 bridgehead atoms. The van der Waals surface area contributed by atoms with Gasteiger partial charge in [-0.2, -0.15) is 0 Å². The highest BCUT2D eigenvalue weighted by atomic mass is 16.5. The summed E-state index contributed by atoms with van der Waals surface area (Å²) in [6, 6.07) is 12.7. The molecule has 1 aromatic heterocycles. The summed E-state index contributed by atoms with van der Waals surface area (Å²) in [4.78, 5) is 0. The zero-order valence-corrected chi connectivity index (χ0v) is 9.81. The molecule has 2 aromatic rings. The van der Waals surface area contributed by atoms with Gasteiger partial charge in [0.2, 0.25) is 0 Å². The highest BCUT2D eigenvalue weighted by molar-refractivity contribution is 5.63. The molecule has 2 nitrogen and oxygen atoms in total. The van der Waals surface area contributed by atoms with Crippen LogP contribution in [0.3, 0.4) is 0 Å². The molecule has 0 atom stereocenters. The second kappa shape index (κ2) is 4.99. The van der Waals surface area contributed by atoms with Crippen LogP contribution in [0.15, 0.2) is 42.6 Å². The lowest BCUT2D eigenvalue weighted by molar-refractivity contribution is 0.201. The van der Waals surface area contributed by atoms with Crippen LogP contribution in [0.1, 0.15) is 5.69 Å². The van der Waals surface area contributed by atoms with Gasteiger partial charge in [-0.1, -0.05) is 30.3 Å². The number of ether oxygens (including phenoxy) is 1. The SMILES string of the molecule is COCCc1cc(-c2ccccc2)cn1C. The molecular formula is C14H17NO. The summed E-state index contributed by atoms with van der Waals surface area (Å²) in [5.41, 5.74) is 3.84. The highest BCUT2D eigenvalue weighted by Gasteiger charge is 2.04. The van der Waals surface area contributed by atoms with E-state index in [0.717, 1.165) is 13.0 Å². The van der Waals surface area contributed by atoms with Crippen LogP contribution in [0.4, 0.5) is 0 Å². The quantitative estimate of drug-likeness (QED) is 0.765. The molecule has 0 aliphatic carbocycles. The zero-order chi connectivity index (χ0) is 11.4. The Morgan fingerprint density at radius 1 is 1.12 bits per heavy atom. The molecule has 0 saturated carbocycles. The standard InChI is InChI=1S/C14H17NO/c1-15-11-13(10-14(15)8-9-16-2)12-6-4-3-5-7-12/h3-7,10-11H,8-9H2,1-2H3. The number of aromatic nitrogens is 1. The summed E-state index contributed by atoms with van der Waals surface area (Å²) in [5.74, 6) is 0. The van der Waals surface area contributed by atoms with Crippen molar-refractivity contribution >= 4 is 0 Å². The maximum atomic E-state index is 5.10. The van der Waals surface area contributed by atoms with Gasteiger partial charge < -0.3 is 9.30 Å². The third kappa shape index (κ3) is 2.34. The van der Waals surface area contributed by atoms with Gasteiger partial charge in [-0.05, 0) is 17.2 Å². The molecule has 1 aromatic carbocycles. The van der Waals surface area contributed by atoms with Gasteiger partial charge in [-0.25, -0.2) is 0 Å². The number of hydrogen-bond acceptors (Lipinski definition) is 1. The van der Waals surface area contributed by atoms with Gasteiger partial charge in [0.05, 0.1) is 6.61 Å². The van der Waals surface area contributed by atoms with Crippen molar-refractivity contribution in [1.29, 1.82) is 0 Å². The summed E-state index contributed by atoms with van der Waals surface area (Å²) in [6.07, 6.45) is 3.13. The van der Waals surface area contributed by atoms with E-state index in [-0.39, 0.29) is 0 Å². The van der Waals surface area contributed by atoms with Gasteiger partial charge in [-0.3, -0.25) is 0 Å². The Hall–Kier alpha value is -1.54. The van der Waals surface area contributed by atoms with Gasteiger partial charge in [0.25, 0.3) is 0 Å². The molecule has 0 spiro atoms. The summed E-state index contributed by atoms with van der Waals surface area (Å²) in [7, 11) is 3.82. The molecule has 0 amide bonds. The average Bonchev–Trinajstić information content (AvgIpc) is 2.69. The summed E-state index contributed by atoms with van der Waals surface area (Å²) >= 11 is 0. The van der Waals surface area contributed by atoms with Crippen LogP contribution in [0.2, 0.25) is 0 Å². The second-order valence-corrected chi connectivity index (χ2v) is 3.94. The number of methoxy groups -OCH3 is 1. The van der Waals surface area contributed by atoms with E-state index < -0.39 is 0 Å². The Kier molecular flexibility index (Phi) is 3.42. The predicted octanol–water partition coefficient (Wildman–Crippen LogP) is 2.88. The first-order valence-electron chi connectivity index (χ1n) is 5.51. The molecule has 84 valence electrons. The third-order valence-corrected chi connectivity index (χ3v) is 2.78. The Bertz CT molecular complexity index is 445. The van der Waals surface area contributed by atoms with Gasteiger partial charge in [0.15, 0.2) is 0 Å². The average molecular weight is 215 g/mol. The van der Waals surface area contributed by atoms with Crippen molar-refractivity contribution < 1.29 is 4.74 Å². The first-order valence-corrected chi connectivity index (χ1v) is 5.51. The lowest BCUT2D eigenvalue weighted by atomic mass is 10.1. The summed E-state index contributed by atoms with van der Waals surface area (Å²) in [6.45, 7) is 0.770. The number of rotatable bonds is 4. The van der Waals surface area contributed by atoms with E-state index in [2.05, 4.69) is 48.1 Å². The normalized spacial score (nSPS) is 10.6. The third-order valence-electron chi connectivity index (χ3n) is 2.78. The van der Waals surface area contributed by atoms with Crippen molar-refractivity contribution in [2.45, 2.75) is 6.42 Å². The molecule has 2 rings (SSSR count). The van der Waals surface area contributed by atoms with E-state index in [4.69, 9.17) is 4.74 Å². The lowest BCUT2D eigenvalue weighted by Gasteiger charge is -2.00. The monoisotopic (exact) mass is 215 g/mol. The second-order valence-electron chi connectivity index (χ2n) is 3.94. The van der Waals surface area contributed by atoms with Crippen molar-refractivity contribution in [2.75, 3.05) is 13.7 Å². The van der Waals surface area contributed by atoms with E-state index >= 15 is 0 Å². The van der Waals surface area contributed by atoms with Crippen LogP contribution in [0, 0.1) is 0 Å². The molecular weight excluding hydrogens is 198 g/mol. The maximum absolute atomic E-state index is 5.10. The fourth-order valence-corrected chi connectivity index (χ4v) is 1.85. The van der Waals surface area contributed by atoms with E-state index in [1.807, 2.05) is 6.07 Å². The fraction of sp³-hybridized carbons (Fsp3) is 0.286. The van der Waals surface area contributed by atoms with Crippen molar-refractivity contribution in [3.05, 3.63) is 48.3 Å². The topological polar surface area (TPSA) is 14.2 Å². The predicted molar refractivity (Wildman–Crippen MR) is 66.4 cm³/mol. The minimum Gasteiger partial charge on any atom is -0.384 e. The van der Waals surface area contributed by atoms with Crippen LogP contribution in [0.5, 0.6) is 0 Å². The van der Waals surface area contributed by atoms with E-state index in [9.17, 15) is 0 Å². The highest BCUT2D eigenvalue weighted by Crippen LogP contribution is 2.21. The van der Waals surface area contributed by atoms with Crippen molar-refractivity contribution in [2.24, 2.45) is 7.05 Å². The molecule has 16 heavy (non-hydrogen) atoms. The summed E-state index contributed by atoms with van der Waals surface area (Å²) in [5, 5.41) is 0. The minimum atomic E-state index is 0.770. The minimum absolute atomic E-state index is 0.770. The van der Waals surface area contributed by atoms with Crippen LogP contribution in [-0.4, -0.2) is 18.3 Å². The fourth-order valence-electron chi connectivity index (χ4n) is 1.85. The summed E-state index contributed by atoms with van der Waals surface area (Å²) < 4.78 is 7.27. The first kappa shape index (κ1) is 11.0. The number of nitrogens with zero attached hydrogens (tertiary/aromatic N) is 1. The molecule has 0 unspecified atom stereocenters. The molecule has 0 aliphatic heterocycles. The van der Waals surface area contributed by atoms with E-state index in [1.54, 1.807) is 7.11 Å². The molecule has 2 heteroatoms. The van der Waals surface area contributed by atoms with E-state index in [0.29, 0.717) is 0 Å². The molecule has 0 saturated heterocycles. The number of aryl methyl sites for hydroxylation is 1. The number of hydrogen-bond donors (Lipinski definition) is 0. The van der Waals surface area contributed by atoms with Gasteiger partial charge in [-0.15, -0.1) is 0 Å². The zero-order valence-electron chi connectivity index (χ0n) is 9.81. The van der Waals surface area contributed by atoms with Gasteiger partial charge in [0, 0.05) is 32.5 Å². The van der Waals surface area contributed by atoms with Crippen LogP contribution in [-0.2, 0) is 18.2 Å². The van der Waals surface area contributed by atoms with Crippen LogP contribution < -0.4 is 0 Å². The number of benzene rings is 1. The molecule has 0 N–H and O–H groups in total. The van der Waals surface area contributed by atoms with Crippen molar-refractivity contribution in [3.8, 4) is 11.1 Å². The van der Waals surface area contributed by atoms with Gasteiger partial charge in [0.1, 0.15) is 0 Å². The smallest absolute Gasteiger partial charge is 0.0517 e. The molecule has 1 heterocycles. The van der Waals surface area contributed by atoms with Crippen LogP contribution in [0.25, 0.3) is 11.1 Å². The van der Waals surface area contributed by atoms with E-state index in [1.165, 1.54) is 16.8 Å². The van der Waals surface area contributed by atoms with Crippen LogP contribution >= 0.6 is 0 Å². The largest absolute Gasteiger partial charge is 0.384 e. The Morgan fingerprint density at radius 2 is 1.88 bits per heavy atom. The Labute approximate surface area is 96.5 Å². The van der Waals surface area contributed by atoms with Gasteiger partial charge >= 0.3 is 0 Å². The lowest BCUT2D eigenvalue weighted by Crippen LogP contribution is -1.99.